The van der Waals surface area contributed by atoms with Crippen LogP contribution >= 0.6 is 0 Å². The molecule has 6 heteroatoms. The minimum absolute atomic E-state index is 0.355. The monoisotopic (exact) mass is 305 g/mol. The molecule has 1 fully saturated rings. The van der Waals surface area contributed by atoms with Gasteiger partial charge in [-0.1, -0.05) is 18.2 Å². The Bertz CT molecular complexity index is 745. The predicted octanol–water partition coefficient (Wildman–Crippen LogP) is 2.27. The van der Waals surface area contributed by atoms with Crippen LogP contribution in [0.15, 0.2) is 35.2 Å². The molecule has 5 nitrogen and oxygen atoms in total. The van der Waals surface area contributed by atoms with E-state index in [2.05, 4.69) is 5.10 Å². The quantitative estimate of drug-likeness (QED) is 0.874. The fourth-order valence-corrected chi connectivity index (χ4v) is 4.75. The number of hydrogen-bond acceptors (Lipinski definition) is 3. The van der Waals surface area contributed by atoms with E-state index in [0.717, 1.165) is 18.5 Å². The summed E-state index contributed by atoms with van der Waals surface area (Å²) in [5.74, 6) is 0. The number of hydrogen-bond donors (Lipinski definition) is 0. The first kappa shape index (κ1) is 14.3. The maximum Gasteiger partial charge on any atom is 0.246 e. The second-order valence-corrected chi connectivity index (χ2v) is 7.23. The number of benzene rings is 1. The van der Waals surface area contributed by atoms with Crippen molar-refractivity contribution in [3.8, 4) is 5.69 Å². The molecule has 0 atom stereocenters. The van der Waals surface area contributed by atoms with Crippen molar-refractivity contribution in [2.45, 2.75) is 31.6 Å². The molecule has 0 aliphatic carbocycles. The molecule has 112 valence electrons. The van der Waals surface area contributed by atoms with Gasteiger partial charge in [-0.15, -0.1) is 0 Å². The third-order valence-corrected chi connectivity index (χ3v) is 6.04. The summed E-state index contributed by atoms with van der Waals surface area (Å²) in [6.07, 6.45) is 1.87. The van der Waals surface area contributed by atoms with Crippen molar-refractivity contribution in [3.63, 3.8) is 0 Å². The van der Waals surface area contributed by atoms with Gasteiger partial charge in [0.15, 0.2) is 0 Å². The SMILES string of the molecule is Cc1nn(-c2ccccc2)c(C)c1S(=O)(=O)N1CCCC1. The Morgan fingerprint density at radius 1 is 1.05 bits per heavy atom. The van der Waals surface area contributed by atoms with Crippen LogP contribution in [0.4, 0.5) is 0 Å². The molecular formula is C15H19N3O2S. The first-order valence-electron chi connectivity index (χ1n) is 7.13. The van der Waals surface area contributed by atoms with Gasteiger partial charge in [-0.3, -0.25) is 0 Å². The van der Waals surface area contributed by atoms with Crippen LogP contribution in [0.3, 0.4) is 0 Å². The molecule has 0 amide bonds. The maximum absolute atomic E-state index is 12.8. The van der Waals surface area contributed by atoms with E-state index in [1.54, 1.807) is 15.9 Å². The lowest BCUT2D eigenvalue weighted by Gasteiger charge is -2.15. The second kappa shape index (κ2) is 5.27. The lowest BCUT2D eigenvalue weighted by atomic mass is 10.3. The van der Waals surface area contributed by atoms with Crippen molar-refractivity contribution in [1.29, 1.82) is 0 Å². The van der Waals surface area contributed by atoms with Crippen LogP contribution < -0.4 is 0 Å². The van der Waals surface area contributed by atoms with Crippen molar-refractivity contribution in [2.75, 3.05) is 13.1 Å². The molecule has 0 spiro atoms. The summed E-state index contributed by atoms with van der Waals surface area (Å²) >= 11 is 0. The predicted molar refractivity (Wildman–Crippen MR) is 81.0 cm³/mol. The first-order chi connectivity index (χ1) is 10.0. The van der Waals surface area contributed by atoms with E-state index < -0.39 is 10.0 Å². The second-order valence-electron chi connectivity index (χ2n) is 5.36. The van der Waals surface area contributed by atoms with Crippen molar-refractivity contribution in [2.24, 2.45) is 0 Å². The fourth-order valence-electron chi connectivity index (χ4n) is 2.88. The molecular weight excluding hydrogens is 286 g/mol. The molecule has 1 aliphatic rings. The molecule has 1 aromatic heterocycles. The Balaban J connectivity index is 2.11. The topological polar surface area (TPSA) is 55.2 Å². The summed E-state index contributed by atoms with van der Waals surface area (Å²) in [5, 5.41) is 4.43. The number of para-hydroxylation sites is 1. The largest absolute Gasteiger partial charge is 0.246 e. The lowest BCUT2D eigenvalue weighted by molar-refractivity contribution is 0.476. The van der Waals surface area contributed by atoms with E-state index in [9.17, 15) is 8.42 Å². The van der Waals surface area contributed by atoms with Gasteiger partial charge in [-0.2, -0.15) is 9.40 Å². The molecule has 1 aliphatic heterocycles. The smallest absolute Gasteiger partial charge is 0.236 e. The van der Waals surface area contributed by atoms with Crippen LogP contribution in [0.5, 0.6) is 0 Å². The Labute approximate surface area is 125 Å². The Kier molecular flexibility index (Phi) is 3.59. The zero-order chi connectivity index (χ0) is 15.0. The van der Waals surface area contributed by atoms with Gasteiger partial charge in [0, 0.05) is 13.1 Å². The van der Waals surface area contributed by atoms with Crippen LogP contribution in [0, 0.1) is 13.8 Å². The molecule has 21 heavy (non-hydrogen) atoms. The lowest BCUT2D eigenvalue weighted by Crippen LogP contribution is -2.28. The van der Waals surface area contributed by atoms with E-state index in [0.29, 0.717) is 29.4 Å². The van der Waals surface area contributed by atoms with Crippen molar-refractivity contribution in [1.82, 2.24) is 14.1 Å². The average Bonchev–Trinajstić information content (AvgIpc) is 3.08. The highest BCUT2D eigenvalue weighted by molar-refractivity contribution is 7.89. The van der Waals surface area contributed by atoms with Crippen molar-refractivity contribution >= 4 is 10.0 Å². The van der Waals surface area contributed by atoms with E-state index in [1.165, 1.54) is 0 Å². The summed E-state index contributed by atoms with van der Waals surface area (Å²) in [6.45, 7) is 4.79. The molecule has 0 radical (unpaired) electrons. The van der Waals surface area contributed by atoms with Crippen LogP contribution in [0.2, 0.25) is 0 Å². The van der Waals surface area contributed by atoms with Crippen LogP contribution in [-0.2, 0) is 10.0 Å². The van der Waals surface area contributed by atoms with Gasteiger partial charge in [0.2, 0.25) is 10.0 Å². The molecule has 1 saturated heterocycles. The van der Waals surface area contributed by atoms with Crippen LogP contribution in [-0.4, -0.2) is 35.6 Å². The van der Waals surface area contributed by atoms with Gasteiger partial charge in [-0.05, 0) is 38.8 Å². The summed E-state index contributed by atoms with van der Waals surface area (Å²) in [5.41, 5.74) is 2.11. The van der Waals surface area contributed by atoms with Gasteiger partial charge in [0.1, 0.15) is 4.90 Å². The fraction of sp³-hybridized carbons (Fsp3) is 0.400. The van der Waals surface area contributed by atoms with Crippen molar-refractivity contribution < 1.29 is 8.42 Å². The Hall–Kier alpha value is -1.66. The van der Waals surface area contributed by atoms with Crippen LogP contribution in [0.1, 0.15) is 24.2 Å². The Morgan fingerprint density at radius 3 is 2.29 bits per heavy atom. The normalized spacial score (nSPS) is 16.5. The number of aromatic nitrogens is 2. The average molecular weight is 305 g/mol. The highest BCUT2D eigenvalue weighted by Crippen LogP contribution is 2.27. The van der Waals surface area contributed by atoms with E-state index in [4.69, 9.17) is 0 Å². The number of nitrogens with zero attached hydrogens (tertiary/aromatic N) is 3. The molecule has 2 heterocycles. The summed E-state index contributed by atoms with van der Waals surface area (Å²) in [4.78, 5) is 0.355. The molecule has 3 rings (SSSR count). The van der Waals surface area contributed by atoms with Gasteiger partial charge < -0.3 is 0 Å². The molecule has 1 aromatic carbocycles. The van der Waals surface area contributed by atoms with Gasteiger partial charge in [0.25, 0.3) is 0 Å². The summed E-state index contributed by atoms with van der Waals surface area (Å²) in [7, 11) is -3.44. The zero-order valence-corrected chi connectivity index (χ0v) is 13.1. The Morgan fingerprint density at radius 2 is 1.67 bits per heavy atom. The zero-order valence-electron chi connectivity index (χ0n) is 12.3. The molecule has 0 N–H and O–H groups in total. The van der Waals surface area contributed by atoms with E-state index in [-0.39, 0.29) is 0 Å². The molecule has 0 saturated carbocycles. The molecule has 0 bridgehead atoms. The number of aryl methyl sites for hydroxylation is 1. The minimum Gasteiger partial charge on any atom is -0.236 e. The van der Waals surface area contributed by atoms with Gasteiger partial charge >= 0.3 is 0 Å². The van der Waals surface area contributed by atoms with E-state index in [1.807, 2.05) is 37.3 Å². The molecule has 0 unspecified atom stereocenters. The summed E-state index contributed by atoms with van der Waals surface area (Å²) in [6, 6.07) is 9.61. The van der Waals surface area contributed by atoms with E-state index >= 15 is 0 Å². The van der Waals surface area contributed by atoms with Crippen molar-refractivity contribution in [3.05, 3.63) is 41.7 Å². The standard InChI is InChI=1S/C15H19N3O2S/c1-12-15(21(19,20)17-10-6-7-11-17)13(2)18(16-12)14-8-4-3-5-9-14/h3-5,8-9H,6-7,10-11H2,1-2H3. The summed E-state index contributed by atoms with van der Waals surface area (Å²) < 4.78 is 28.9. The van der Waals surface area contributed by atoms with Gasteiger partial charge in [-0.25, -0.2) is 13.1 Å². The number of sulfonamides is 1. The van der Waals surface area contributed by atoms with Gasteiger partial charge in [0.05, 0.1) is 17.1 Å². The van der Waals surface area contributed by atoms with Crippen LogP contribution in [0.25, 0.3) is 5.69 Å². The third kappa shape index (κ3) is 2.38. The first-order valence-corrected chi connectivity index (χ1v) is 8.57. The highest BCUT2D eigenvalue weighted by Gasteiger charge is 2.32. The minimum atomic E-state index is -3.44. The third-order valence-electron chi connectivity index (χ3n) is 3.89. The molecule has 2 aromatic rings. The maximum atomic E-state index is 12.8. The number of rotatable bonds is 3. The highest BCUT2D eigenvalue weighted by atomic mass is 32.2.